The standard InChI is InChI=1S/C21H22N4O8S/c26-19(14-5-2-1-3-6-14)22-13-17(21(28)29)23-20(27)18-7-4-12-24(18)34(32,33)16-10-8-15(9-11-16)25(30)31/h1-3,5-6,8-11,17-18H,4,7,12-13H2,(H,22,26)(H,23,27)(H,28,29)/t17-,18-/m0/s1. The number of nitrogens with one attached hydrogen (secondary N) is 2. The lowest BCUT2D eigenvalue weighted by Gasteiger charge is -2.25. The van der Waals surface area contributed by atoms with Crippen LogP contribution < -0.4 is 10.6 Å². The van der Waals surface area contributed by atoms with Crippen LogP contribution in [0.3, 0.4) is 0 Å². The Morgan fingerprint density at radius 1 is 1.12 bits per heavy atom. The van der Waals surface area contributed by atoms with Gasteiger partial charge in [-0.05, 0) is 37.1 Å². The molecule has 12 nitrogen and oxygen atoms in total. The lowest BCUT2D eigenvalue weighted by Crippen LogP contribution is -2.54. The summed E-state index contributed by atoms with van der Waals surface area (Å²) in [7, 11) is -4.16. The van der Waals surface area contributed by atoms with Gasteiger partial charge in [0.05, 0.1) is 9.82 Å². The third kappa shape index (κ3) is 5.55. The fraction of sp³-hybridized carbons (Fsp3) is 0.286. The first kappa shape index (κ1) is 24.8. The highest BCUT2D eigenvalue weighted by Gasteiger charge is 2.40. The minimum absolute atomic E-state index is 0.0277. The molecular formula is C21H22N4O8S. The number of carboxylic acids is 1. The third-order valence-electron chi connectivity index (χ3n) is 5.28. The number of hydrogen-bond acceptors (Lipinski definition) is 7. The summed E-state index contributed by atoms with van der Waals surface area (Å²) in [5.41, 5.74) is 0.0330. The van der Waals surface area contributed by atoms with Crippen molar-refractivity contribution in [2.45, 2.75) is 29.8 Å². The van der Waals surface area contributed by atoms with E-state index in [2.05, 4.69) is 10.6 Å². The molecule has 1 saturated heterocycles. The van der Waals surface area contributed by atoms with E-state index in [1.165, 1.54) is 0 Å². The zero-order valence-electron chi connectivity index (χ0n) is 17.8. The molecule has 180 valence electrons. The summed E-state index contributed by atoms with van der Waals surface area (Å²) in [5, 5.41) is 25.0. The Balaban J connectivity index is 1.69. The molecule has 0 aliphatic carbocycles. The molecule has 1 fully saturated rings. The molecule has 2 atom stereocenters. The predicted molar refractivity (Wildman–Crippen MR) is 118 cm³/mol. The normalized spacial score (nSPS) is 17.0. The monoisotopic (exact) mass is 490 g/mol. The highest BCUT2D eigenvalue weighted by atomic mass is 32.2. The molecule has 2 amide bonds. The molecule has 3 N–H and O–H groups in total. The Morgan fingerprint density at radius 3 is 2.35 bits per heavy atom. The second-order valence-corrected chi connectivity index (χ2v) is 9.39. The Bertz CT molecular complexity index is 1190. The minimum atomic E-state index is -4.16. The molecule has 0 bridgehead atoms. The Labute approximate surface area is 194 Å². The van der Waals surface area contributed by atoms with Crippen LogP contribution in [-0.4, -0.2) is 65.7 Å². The number of carboxylic acid groups (broad SMARTS) is 1. The lowest BCUT2D eigenvalue weighted by molar-refractivity contribution is -0.384. The van der Waals surface area contributed by atoms with Crippen molar-refractivity contribution < 1.29 is 32.8 Å². The predicted octanol–water partition coefficient (Wildman–Crippen LogP) is 0.747. The summed E-state index contributed by atoms with van der Waals surface area (Å²) in [6.45, 7) is -0.378. The molecule has 0 radical (unpaired) electrons. The van der Waals surface area contributed by atoms with E-state index in [0.29, 0.717) is 12.0 Å². The number of rotatable bonds is 9. The quantitative estimate of drug-likeness (QED) is 0.341. The van der Waals surface area contributed by atoms with Crippen molar-refractivity contribution in [3.05, 3.63) is 70.3 Å². The molecule has 1 aliphatic heterocycles. The average molecular weight is 490 g/mol. The van der Waals surface area contributed by atoms with Gasteiger partial charge in [-0.15, -0.1) is 0 Å². The maximum Gasteiger partial charge on any atom is 0.328 e. The largest absolute Gasteiger partial charge is 0.480 e. The number of carbonyl (C=O) groups excluding carboxylic acids is 2. The van der Waals surface area contributed by atoms with Crippen LogP contribution in [0.25, 0.3) is 0 Å². The van der Waals surface area contributed by atoms with Crippen LogP contribution >= 0.6 is 0 Å². The lowest BCUT2D eigenvalue weighted by atomic mass is 10.2. The van der Waals surface area contributed by atoms with E-state index in [-0.39, 0.29) is 23.5 Å². The molecule has 0 unspecified atom stereocenters. The number of nitro benzene ring substituents is 1. The molecule has 1 aliphatic rings. The molecule has 0 saturated carbocycles. The maximum absolute atomic E-state index is 13.0. The van der Waals surface area contributed by atoms with Crippen molar-refractivity contribution in [3.8, 4) is 0 Å². The topological polar surface area (TPSA) is 176 Å². The summed E-state index contributed by atoms with van der Waals surface area (Å²) >= 11 is 0. The molecule has 34 heavy (non-hydrogen) atoms. The Hall–Kier alpha value is -3.84. The van der Waals surface area contributed by atoms with Crippen LogP contribution in [0.5, 0.6) is 0 Å². The third-order valence-corrected chi connectivity index (χ3v) is 7.20. The first-order valence-corrected chi connectivity index (χ1v) is 11.7. The second-order valence-electron chi connectivity index (χ2n) is 7.50. The van der Waals surface area contributed by atoms with Crippen LogP contribution in [0.2, 0.25) is 0 Å². The number of non-ortho nitro benzene ring substituents is 1. The molecule has 3 rings (SSSR count). The van der Waals surface area contributed by atoms with Gasteiger partial charge in [0.15, 0.2) is 0 Å². The zero-order chi connectivity index (χ0) is 24.9. The van der Waals surface area contributed by atoms with E-state index in [9.17, 15) is 38.0 Å². The van der Waals surface area contributed by atoms with Crippen molar-refractivity contribution in [1.29, 1.82) is 0 Å². The summed E-state index contributed by atoms with van der Waals surface area (Å²) in [6, 6.07) is 9.72. The van der Waals surface area contributed by atoms with Crippen molar-refractivity contribution >= 4 is 33.5 Å². The molecule has 1 heterocycles. The fourth-order valence-corrected chi connectivity index (χ4v) is 5.18. The van der Waals surface area contributed by atoms with E-state index in [4.69, 9.17) is 0 Å². The second kappa shape index (κ2) is 10.4. The average Bonchev–Trinajstić information content (AvgIpc) is 3.33. The number of nitrogens with zero attached hydrogens (tertiary/aromatic N) is 2. The number of benzene rings is 2. The first-order chi connectivity index (χ1) is 16.1. The first-order valence-electron chi connectivity index (χ1n) is 10.2. The summed E-state index contributed by atoms with van der Waals surface area (Å²) in [5.74, 6) is -2.74. The van der Waals surface area contributed by atoms with Crippen LogP contribution in [0, 0.1) is 10.1 Å². The van der Waals surface area contributed by atoms with Crippen molar-refractivity contribution in [2.75, 3.05) is 13.1 Å². The molecule has 2 aromatic rings. The van der Waals surface area contributed by atoms with E-state index in [1.54, 1.807) is 30.3 Å². The number of amides is 2. The highest BCUT2D eigenvalue weighted by Crippen LogP contribution is 2.27. The molecule has 0 aromatic heterocycles. The summed E-state index contributed by atoms with van der Waals surface area (Å²) in [6.07, 6.45) is 0.535. The summed E-state index contributed by atoms with van der Waals surface area (Å²) in [4.78, 5) is 46.6. The van der Waals surface area contributed by atoms with E-state index in [1.807, 2.05) is 0 Å². The van der Waals surface area contributed by atoms with Gasteiger partial charge >= 0.3 is 5.97 Å². The summed E-state index contributed by atoms with van der Waals surface area (Å²) < 4.78 is 27.0. The number of nitro groups is 1. The number of carbonyl (C=O) groups is 3. The molecule has 13 heteroatoms. The van der Waals surface area contributed by atoms with Gasteiger partial charge in [-0.1, -0.05) is 18.2 Å². The van der Waals surface area contributed by atoms with Crippen LogP contribution in [0.15, 0.2) is 59.5 Å². The van der Waals surface area contributed by atoms with Crippen molar-refractivity contribution in [3.63, 3.8) is 0 Å². The van der Waals surface area contributed by atoms with Gasteiger partial charge in [-0.25, -0.2) is 13.2 Å². The van der Waals surface area contributed by atoms with E-state index < -0.39 is 51.4 Å². The van der Waals surface area contributed by atoms with Crippen LogP contribution in [-0.2, 0) is 19.6 Å². The van der Waals surface area contributed by atoms with Gasteiger partial charge in [0.1, 0.15) is 12.1 Å². The van der Waals surface area contributed by atoms with Gasteiger partial charge in [-0.3, -0.25) is 19.7 Å². The Kier molecular flexibility index (Phi) is 7.58. The van der Waals surface area contributed by atoms with E-state index in [0.717, 1.165) is 28.6 Å². The van der Waals surface area contributed by atoms with E-state index >= 15 is 0 Å². The number of hydrogen-bond donors (Lipinski definition) is 3. The molecule has 2 aromatic carbocycles. The van der Waals surface area contributed by atoms with Gasteiger partial charge in [-0.2, -0.15) is 4.31 Å². The molecular weight excluding hydrogens is 468 g/mol. The molecule has 0 spiro atoms. The highest BCUT2D eigenvalue weighted by molar-refractivity contribution is 7.89. The smallest absolute Gasteiger partial charge is 0.328 e. The minimum Gasteiger partial charge on any atom is -0.480 e. The maximum atomic E-state index is 13.0. The van der Waals surface area contributed by atoms with Gasteiger partial charge in [0.2, 0.25) is 15.9 Å². The fourth-order valence-electron chi connectivity index (χ4n) is 3.52. The number of sulfonamides is 1. The van der Waals surface area contributed by atoms with Gasteiger partial charge in [0.25, 0.3) is 11.6 Å². The van der Waals surface area contributed by atoms with Crippen molar-refractivity contribution in [1.82, 2.24) is 14.9 Å². The van der Waals surface area contributed by atoms with Crippen molar-refractivity contribution in [2.24, 2.45) is 0 Å². The zero-order valence-corrected chi connectivity index (χ0v) is 18.6. The van der Waals surface area contributed by atoms with Crippen LogP contribution in [0.1, 0.15) is 23.2 Å². The number of aliphatic carboxylic acids is 1. The SMILES string of the molecule is O=C(NC[C@H](NC(=O)[C@@H]1CCCN1S(=O)(=O)c1ccc([N+](=O)[O-])cc1)C(=O)O)c1ccccc1. The van der Waals surface area contributed by atoms with Crippen LogP contribution in [0.4, 0.5) is 5.69 Å². The van der Waals surface area contributed by atoms with Gasteiger partial charge in [0, 0.05) is 30.8 Å². The van der Waals surface area contributed by atoms with Gasteiger partial charge < -0.3 is 15.7 Å². The Morgan fingerprint density at radius 2 is 1.76 bits per heavy atom.